The van der Waals surface area contributed by atoms with Gasteiger partial charge in [0.15, 0.2) is 0 Å². The van der Waals surface area contributed by atoms with Gasteiger partial charge in [0, 0.05) is 19.5 Å². The first-order valence-electron chi connectivity index (χ1n) is 13.9. The molecule has 3 aliphatic rings. The van der Waals surface area contributed by atoms with Gasteiger partial charge in [-0.05, 0) is 67.5 Å². The highest BCUT2D eigenvalue weighted by atomic mass is 19.4. The lowest BCUT2D eigenvalue weighted by Crippen LogP contribution is -2.53. The first kappa shape index (κ1) is 30.1. The van der Waals surface area contributed by atoms with Gasteiger partial charge in [-0.1, -0.05) is 30.3 Å². The number of hydrogen-bond donors (Lipinski definition) is 1. The maximum absolute atomic E-state index is 14.9. The highest BCUT2D eigenvalue weighted by molar-refractivity contribution is 5.97. The van der Waals surface area contributed by atoms with Crippen LogP contribution in [0.4, 0.5) is 17.6 Å². The first-order chi connectivity index (χ1) is 20.3. The number of halogens is 4. The van der Waals surface area contributed by atoms with E-state index in [0.717, 1.165) is 30.9 Å². The molecular weight excluding hydrogens is 572 g/mol. The second kappa shape index (κ2) is 11.7. The number of allylic oxidation sites excluding steroid dienone is 1. The van der Waals surface area contributed by atoms with E-state index in [1.807, 2.05) is 18.2 Å². The van der Waals surface area contributed by atoms with Crippen LogP contribution in [-0.2, 0) is 32.1 Å². The van der Waals surface area contributed by atoms with Crippen LogP contribution in [0.1, 0.15) is 59.8 Å². The van der Waals surface area contributed by atoms with E-state index in [-0.39, 0.29) is 49.3 Å². The zero-order valence-electron chi connectivity index (χ0n) is 23.5. The van der Waals surface area contributed by atoms with E-state index in [4.69, 9.17) is 0 Å². The molecule has 3 amide bonds. The molecular formula is C30H30F4N4O5. The lowest BCUT2D eigenvalue weighted by molar-refractivity contribution is -0.242. The second-order valence-electron chi connectivity index (χ2n) is 10.9. The first-order valence-corrected chi connectivity index (χ1v) is 13.9. The standard InChI is InChI=1S/C30H30F4N4O5/c1-17-18(2)27(40)35-38(43-29(42)30(32,33)34)25(17)15-19-10-11-23(31)22(14-19)28(41)36-12-13-37(26(39)16-36)24-9-5-7-20-6-3-4-8-21(20)24/h3-4,6,8,10-11,14,18,24H,5,7,9,12-13,15-16H2,1-2H3,(H,35,40). The number of alkyl halides is 3. The molecule has 1 fully saturated rings. The van der Waals surface area contributed by atoms with E-state index >= 15 is 0 Å². The van der Waals surface area contributed by atoms with E-state index in [2.05, 4.69) is 16.3 Å². The fourth-order valence-electron chi connectivity index (χ4n) is 5.75. The molecule has 0 radical (unpaired) electrons. The quantitative estimate of drug-likeness (QED) is 0.520. The molecule has 5 rings (SSSR count). The third-order valence-corrected chi connectivity index (χ3v) is 8.25. The van der Waals surface area contributed by atoms with E-state index in [1.54, 1.807) is 4.90 Å². The smallest absolute Gasteiger partial charge is 0.332 e. The van der Waals surface area contributed by atoms with Gasteiger partial charge in [0.05, 0.1) is 23.2 Å². The lowest BCUT2D eigenvalue weighted by Gasteiger charge is -2.41. The average Bonchev–Trinajstić information content (AvgIpc) is 2.97. The van der Waals surface area contributed by atoms with Crippen molar-refractivity contribution in [3.8, 4) is 0 Å². The highest BCUT2D eigenvalue weighted by Crippen LogP contribution is 2.35. The van der Waals surface area contributed by atoms with Crippen molar-refractivity contribution in [3.05, 3.63) is 81.8 Å². The Morgan fingerprint density at radius 3 is 2.56 bits per heavy atom. The number of hydroxylamine groups is 1. The molecule has 2 aromatic carbocycles. The van der Waals surface area contributed by atoms with Crippen LogP contribution < -0.4 is 5.43 Å². The topological polar surface area (TPSA) is 99.3 Å². The second-order valence-corrected chi connectivity index (χ2v) is 10.9. The zero-order valence-corrected chi connectivity index (χ0v) is 23.5. The van der Waals surface area contributed by atoms with Crippen LogP contribution in [-0.4, -0.2) is 64.5 Å². The van der Waals surface area contributed by atoms with Crippen molar-refractivity contribution in [1.29, 1.82) is 0 Å². The number of nitrogens with one attached hydrogen (secondary N) is 1. The molecule has 0 spiro atoms. The molecule has 2 aromatic rings. The van der Waals surface area contributed by atoms with Gasteiger partial charge in [-0.3, -0.25) is 14.4 Å². The number of carbonyl (C=O) groups is 4. The Bertz CT molecular complexity index is 1510. The Morgan fingerprint density at radius 2 is 1.84 bits per heavy atom. The number of carbonyl (C=O) groups excluding carboxylic acids is 4. The van der Waals surface area contributed by atoms with Gasteiger partial charge >= 0.3 is 12.1 Å². The van der Waals surface area contributed by atoms with Crippen molar-refractivity contribution in [2.24, 2.45) is 5.92 Å². The number of nitrogens with zero attached hydrogens (tertiary/aromatic N) is 3. The van der Waals surface area contributed by atoms with Crippen LogP contribution in [0.15, 0.2) is 53.7 Å². The molecule has 1 saturated heterocycles. The minimum Gasteiger partial charge on any atom is -0.332 e. The van der Waals surface area contributed by atoms with Gasteiger partial charge in [-0.25, -0.2) is 14.6 Å². The third-order valence-electron chi connectivity index (χ3n) is 8.25. The molecule has 2 unspecified atom stereocenters. The summed E-state index contributed by atoms with van der Waals surface area (Å²) in [5.41, 5.74) is 4.75. The highest BCUT2D eigenvalue weighted by Gasteiger charge is 2.44. The molecule has 228 valence electrons. The SMILES string of the molecule is CC1=C(Cc2ccc(F)c(C(=O)N3CCN(C4CCCc5ccccc54)C(=O)C3)c2)N(OC(=O)C(F)(F)F)NC(=O)C1C. The average molecular weight is 603 g/mol. The summed E-state index contributed by atoms with van der Waals surface area (Å²) >= 11 is 0. The van der Waals surface area contributed by atoms with Gasteiger partial charge in [-0.2, -0.15) is 13.2 Å². The summed E-state index contributed by atoms with van der Waals surface area (Å²) in [5.74, 6) is -5.76. The summed E-state index contributed by atoms with van der Waals surface area (Å²) < 4.78 is 53.6. The number of hydrogen-bond acceptors (Lipinski definition) is 6. The van der Waals surface area contributed by atoms with Crippen LogP contribution in [0.25, 0.3) is 0 Å². The normalized spacial score (nSPS) is 21.0. The Morgan fingerprint density at radius 1 is 1.09 bits per heavy atom. The predicted octanol–water partition coefficient (Wildman–Crippen LogP) is 4.01. The van der Waals surface area contributed by atoms with E-state index in [0.29, 0.717) is 16.3 Å². The monoisotopic (exact) mass is 602 g/mol. The Hall–Kier alpha value is -4.42. The molecule has 2 aliphatic heterocycles. The summed E-state index contributed by atoms with van der Waals surface area (Å²) in [5, 5.41) is 0.361. The zero-order chi connectivity index (χ0) is 31.1. The Labute approximate surface area is 245 Å². The van der Waals surface area contributed by atoms with Crippen molar-refractivity contribution in [1.82, 2.24) is 20.4 Å². The number of aryl methyl sites for hydroxylation is 1. The number of hydrazine groups is 1. The Balaban J connectivity index is 1.33. The van der Waals surface area contributed by atoms with Gasteiger partial charge in [0.1, 0.15) is 12.4 Å². The van der Waals surface area contributed by atoms with Gasteiger partial charge in [-0.15, -0.1) is 5.17 Å². The number of fused-ring (bicyclic) bond motifs is 1. The van der Waals surface area contributed by atoms with E-state index < -0.39 is 35.7 Å². The predicted molar refractivity (Wildman–Crippen MR) is 144 cm³/mol. The fraction of sp³-hybridized carbons (Fsp3) is 0.400. The van der Waals surface area contributed by atoms with Crippen LogP contribution in [0.2, 0.25) is 0 Å². The molecule has 1 aliphatic carbocycles. The molecule has 9 nitrogen and oxygen atoms in total. The maximum Gasteiger partial charge on any atom is 0.493 e. The van der Waals surface area contributed by atoms with Gasteiger partial charge in [0.2, 0.25) is 11.8 Å². The molecule has 0 aromatic heterocycles. The molecule has 2 atom stereocenters. The number of benzene rings is 2. The molecule has 0 saturated carbocycles. The molecule has 0 bridgehead atoms. The maximum atomic E-state index is 14.9. The summed E-state index contributed by atoms with van der Waals surface area (Å²) in [6, 6.07) is 11.5. The van der Waals surface area contributed by atoms with E-state index in [9.17, 15) is 36.7 Å². The summed E-state index contributed by atoms with van der Waals surface area (Å²) in [6.07, 6.45) is -2.81. The number of rotatable bonds is 5. The molecule has 13 heteroatoms. The molecule has 2 heterocycles. The van der Waals surface area contributed by atoms with Gasteiger partial charge in [0.25, 0.3) is 5.91 Å². The summed E-state index contributed by atoms with van der Waals surface area (Å²) in [6.45, 7) is 3.28. The van der Waals surface area contributed by atoms with Crippen molar-refractivity contribution >= 4 is 23.7 Å². The minimum atomic E-state index is -5.32. The number of piperazine rings is 1. The van der Waals surface area contributed by atoms with Crippen molar-refractivity contribution in [3.63, 3.8) is 0 Å². The fourth-order valence-corrected chi connectivity index (χ4v) is 5.75. The van der Waals surface area contributed by atoms with Crippen LogP contribution in [0.3, 0.4) is 0 Å². The summed E-state index contributed by atoms with van der Waals surface area (Å²) in [4.78, 5) is 57.8. The van der Waals surface area contributed by atoms with Gasteiger partial charge < -0.3 is 14.6 Å². The van der Waals surface area contributed by atoms with Crippen molar-refractivity contribution in [2.75, 3.05) is 19.6 Å². The van der Waals surface area contributed by atoms with Crippen molar-refractivity contribution < 1.29 is 41.6 Å². The van der Waals surface area contributed by atoms with Crippen LogP contribution in [0, 0.1) is 11.7 Å². The number of amides is 3. The Kier molecular flexibility index (Phi) is 8.17. The van der Waals surface area contributed by atoms with Crippen molar-refractivity contribution in [2.45, 2.75) is 51.7 Å². The van der Waals surface area contributed by atoms with E-state index in [1.165, 1.54) is 36.4 Å². The van der Waals surface area contributed by atoms with Crippen LogP contribution in [0.5, 0.6) is 0 Å². The molecule has 43 heavy (non-hydrogen) atoms. The van der Waals surface area contributed by atoms with Crippen LogP contribution >= 0.6 is 0 Å². The summed E-state index contributed by atoms with van der Waals surface area (Å²) in [7, 11) is 0. The lowest BCUT2D eigenvalue weighted by atomic mass is 9.86. The molecule has 1 N–H and O–H groups in total. The largest absolute Gasteiger partial charge is 0.493 e. The third kappa shape index (κ3) is 6.06. The minimum absolute atomic E-state index is 0.0197.